The fourth-order valence-electron chi connectivity index (χ4n) is 1.86. The summed E-state index contributed by atoms with van der Waals surface area (Å²) < 4.78 is 0. The van der Waals surface area contributed by atoms with Crippen molar-refractivity contribution < 1.29 is 4.79 Å². The van der Waals surface area contributed by atoms with Gasteiger partial charge < -0.3 is 5.32 Å². The van der Waals surface area contributed by atoms with Crippen molar-refractivity contribution in [2.75, 3.05) is 7.05 Å². The first-order valence-corrected chi connectivity index (χ1v) is 4.84. The van der Waals surface area contributed by atoms with E-state index in [2.05, 4.69) is 19.2 Å². The average Bonchev–Trinajstić information content (AvgIpc) is 1.94. The largest absolute Gasteiger partial charge is 0.359 e. The highest BCUT2D eigenvalue weighted by molar-refractivity contribution is 5.75. The molecule has 1 aliphatic rings. The summed E-state index contributed by atoms with van der Waals surface area (Å²) in [6.45, 7) is 4.53. The Morgan fingerprint density at radius 1 is 1.50 bits per heavy atom. The Bertz CT molecular complexity index is 159. The number of hydrogen-bond acceptors (Lipinski definition) is 1. The molecule has 1 saturated carbocycles. The molecule has 0 aromatic heterocycles. The number of hydrogen-bond donors (Lipinski definition) is 1. The van der Waals surface area contributed by atoms with E-state index in [1.807, 2.05) is 0 Å². The van der Waals surface area contributed by atoms with Gasteiger partial charge in [0, 0.05) is 13.5 Å². The molecular weight excluding hydrogens is 150 g/mol. The molecule has 1 amide bonds. The molecule has 1 fully saturated rings. The molecular formula is C10H19NO. The number of carbonyl (C=O) groups is 1. The Morgan fingerprint density at radius 3 is 2.50 bits per heavy atom. The van der Waals surface area contributed by atoms with Crippen LogP contribution in [0.25, 0.3) is 0 Å². The van der Waals surface area contributed by atoms with E-state index in [0.717, 1.165) is 18.3 Å². The van der Waals surface area contributed by atoms with Crippen LogP contribution in [0.2, 0.25) is 0 Å². The molecule has 0 heterocycles. The molecule has 0 unspecified atom stereocenters. The van der Waals surface area contributed by atoms with E-state index in [-0.39, 0.29) is 5.91 Å². The van der Waals surface area contributed by atoms with Crippen molar-refractivity contribution in [2.45, 2.75) is 33.1 Å². The molecule has 1 aliphatic carbocycles. The third-order valence-corrected chi connectivity index (χ3v) is 2.97. The molecule has 0 saturated heterocycles. The Morgan fingerprint density at radius 2 is 2.08 bits per heavy atom. The SMILES string of the molecule is CNC(=O)CC1CC(C(C)C)C1. The van der Waals surface area contributed by atoms with Crippen LogP contribution in [0.4, 0.5) is 0 Å². The first-order chi connectivity index (χ1) is 5.63. The van der Waals surface area contributed by atoms with Crippen molar-refractivity contribution >= 4 is 5.91 Å². The molecule has 2 heteroatoms. The Balaban J connectivity index is 2.13. The molecule has 2 nitrogen and oxygen atoms in total. The zero-order valence-electron chi connectivity index (χ0n) is 8.26. The Labute approximate surface area is 74.7 Å². The highest BCUT2D eigenvalue weighted by atomic mass is 16.1. The van der Waals surface area contributed by atoms with E-state index in [9.17, 15) is 4.79 Å². The summed E-state index contributed by atoms with van der Waals surface area (Å²) in [5, 5.41) is 2.67. The van der Waals surface area contributed by atoms with Crippen LogP contribution in [-0.2, 0) is 4.79 Å². The van der Waals surface area contributed by atoms with Crippen molar-refractivity contribution in [3.05, 3.63) is 0 Å². The molecule has 0 aliphatic heterocycles. The van der Waals surface area contributed by atoms with E-state index < -0.39 is 0 Å². The van der Waals surface area contributed by atoms with Crippen LogP contribution in [-0.4, -0.2) is 13.0 Å². The second-order valence-corrected chi connectivity index (χ2v) is 4.22. The van der Waals surface area contributed by atoms with Crippen LogP contribution in [0.15, 0.2) is 0 Å². The lowest BCUT2D eigenvalue weighted by Gasteiger charge is -2.37. The van der Waals surface area contributed by atoms with E-state index in [1.54, 1.807) is 7.05 Å². The minimum Gasteiger partial charge on any atom is -0.359 e. The van der Waals surface area contributed by atoms with Gasteiger partial charge in [-0.05, 0) is 30.6 Å². The van der Waals surface area contributed by atoms with E-state index >= 15 is 0 Å². The lowest BCUT2D eigenvalue weighted by molar-refractivity contribution is -0.122. The van der Waals surface area contributed by atoms with Gasteiger partial charge >= 0.3 is 0 Å². The van der Waals surface area contributed by atoms with E-state index in [1.165, 1.54) is 12.8 Å². The predicted octanol–water partition coefficient (Wildman–Crippen LogP) is 1.80. The molecule has 70 valence electrons. The van der Waals surface area contributed by atoms with Gasteiger partial charge in [-0.25, -0.2) is 0 Å². The highest BCUT2D eigenvalue weighted by Crippen LogP contribution is 2.40. The van der Waals surface area contributed by atoms with Crippen molar-refractivity contribution in [3.8, 4) is 0 Å². The standard InChI is InChI=1S/C10H19NO/c1-7(2)9-4-8(5-9)6-10(12)11-3/h7-9H,4-6H2,1-3H3,(H,11,12). The quantitative estimate of drug-likeness (QED) is 0.686. The van der Waals surface area contributed by atoms with Crippen molar-refractivity contribution in [2.24, 2.45) is 17.8 Å². The van der Waals surface area contributed by atoms with Gasteiger partial charge in [-0.1, -0.05) is 13.8 Å². The van der Waals surface area contributed by atoms with Crippen LogP contribution < -0.4 is 5.32 Å². The minimum atomic E-state index is 0.196. The summed E-state index contributed by atoms with van der Waals surface area (Å²) in [6, 6.07) is 0. The lowest BCUT2D eigenvalue weighted by atomic mass is 9.68. The van der Waals surface area contributed by atoms with Gasteiger partial charge in [-0.15, -0.1) is 0 Å². The number of rotatable bonds is 3. The zero-order chi connectivity index (χ0) is 9.14. The Hall–Kier alpha value is -0.530. The van der Waals surface area contributed by atoms with Gasteiger partial charge in [0.1, 0.15) is 0 Å². The van der Waals surface area contributed by atoms with Crippen molar-refractivity contribution in [1.82, 2.24) is 5.32 Å². The molecule has 1 rings (SSSR count). The van der Waals surface area contributed by atoms with Gasteiger partial charge in [0.15, 0.2) is 0 Å². The maximum absolute atomic E-state index is 11.0. The second kappa shape index (κ2) is 3.92. The first-order valence-electron chi connectivity index (χ1n) is 4.84. The summed E-state index contributed by atoms with van der Waals surface area (Å²) in [4.78, 5) is 11.0. The lowest BCUT2D eigenvalue weighted by Crippen LogP contribution is -2.32. The number of nitrogens with one attached hydrogen (secondary N) is 1. The fourth-order valence-corrected chi connectivity index (χ4v) is 1.86. The molecule has 0 bridgehead atoms. The van der Waals surface area contributed by atoms with Gasteiger partial charge in [0.2, 0.25) is 5.91 Å². The third kappa shape index (κ3) is 2.23. The fraction of sp³-hybridized carbons (Fsp3) is 0.900. The number of amides is 1. The van der Waals surface area contributed by atoms with Crippen molar-refractivity contribution in [1.29, 1.82) is 0 Å². The average molecular weight is 169 g/mol. The van der Waals surface area contributed by atoms with Gasteiger partial charge in [-0.2, -0.15) is 0 Å². The smallest absolute Gasteiger partial charge is 0.220 e. The normalized spacial score (nSPS) is 28.3. The maximum Gasteiger partial charge on any atom is 0.220 e. The maximum atomic E-state index is 11.0. The van der Waals surface area contributed by atoms with Crippen LogP contribution >= 0.6 is 0 Å². The molecule has 0 aromatic carbocycles. The van der Waals surface area contributed by atoms with Gasteiger partial charge in [0.05, 0.1) is 0 Å². The Kier molecular flexibility index (Phi) is 3.12. The van der Waals surface area contributed by atoms with Crippen molar-refractivity contribution in [3.63, 3.8) is 0 Å². The van der Waals surface area contributed by atoms with Crippen LogP contribution in [0.5, 0.6) is 0 Å². The molecule has 0 aromatic rings. The van der Waals surface area contributed by atoms with E-state index in [4.69, 9.17) is 0 Å². The van der Waals surface area contributed by atoms with Crippen LogP contribution in [0.1, 0.15) is 33.1 Å². The summed E-state index contributed by atoms with van der Waals surface area (Å²) in [5.74, 6) is 2.53. The third-order valence-electron chi connectivity index (χ3n) is 2.97. The van der Waals surface area contributed by atoms with E-state index in [0.29, 0.717) is 5.92 Å². The zero-order valence-corrected chi connectivity index (χ0v) is 8.26. The topological polar surface area (TPSA) is 29.1 Å². The molecule has 12 heavy (non-hydrogen) atoms. The monoisotopic (exact) mass is 169 g/mol. The van der Waals surface area contributed by atoms with Crippen LogP contribution in [0, 0.1) is 17.8 Å². The summed E-state index contributed by atoms with van der Waals surface area (Å²) >= 11 is 0. The summed E-state index contributed by atoms with van der Waals surface area (Å²) in [5.41, 5.74) is 0. The number of carbonyl (C=O) groups excluding carboxylic acids is 1. The molecule has 0 radical (unpaired) electrons. The molecule has 1 N–H and O–H groups in total. The second-order valence-electron chi connectivity index (χ2n) is 4.22. The summed E-state index contributed by atoms with van der Waals surface area (Å²) in [7, 11) is 1.71. The van der Waals surface area contributed by atoms with Crippen LogP contribution in [0.3, 0.4) is 0 Å². The predicted molar refractivity (Wildman–Crippen MR) is 49.7 cm³/mol. The highest BCUT2D eigenvalue weighted by Gasteiger charge is 2.31. The molecule has 0 spiro atoms. The summed E-state index contributed by atoms with van der Waals surface area (Å²) in [6.07, 6.45) is 3.25. The van der Waals surface area contributed by atoms with Gasteiger partial charge in [0.25, 0.3) is 0 Å². The minimum absolute atomic E-state index is 0.196. The molecule has 0 atom stereocenters. The first kappa shape index (κ1) is 9.56. The van der Waals surface area contributed by atoms with Gasteiger partial charge in [-0.3, -0.25) is 4.79 Å².